The first-order chi connectivity index (χ1) is 11.5. The zero-order valence-corrected chi connectivity index (χ0v) is 13.5. The molecule has 0 radical (unpaired) electrons. The van der Waals surface area contributed by atoms with Gasteiger partial charge < -0.3 is 15.7 Å². The minimum Gasteiger partial charge on any atom is -0.507 e. The molecule has 1 atom stereocenters. The van der Waals surface area contributed by atoms with Crippen molar-refractivity contribution in [2.75, 3.05) is 18.5 Å². The molecule has 0 aliphatic carbocycles. The Morgan fingerprint density at radius 2 is 2.08 bits per heavy atom. The van der Waals surface area contributed by atoms with E-state index < -0.39 is 0 Å². The number of nitrogens with two attached hydrogens (primary N) is 1. The number of aromatic amines is 1. The Morgan fingerprint density at radius 3 is 2.67 bits per heavy atom. The van der Waals surface area contributed by atoms with Crippen LogP contribution >= 0.6 is 0 Å². The molecular formula is C16H19N7O. The maximum atomic E-state index is 10.3. The molecule has 0 bridgehead atoms. The second-order valence-corrected chi connectivity index (χ2v) is 5.72. The second-order valence-electron chi connectivity index (χ2n) is 5.72. The molecule has 124 valence electrons. The normalized spacial score (nSPS) is 12.1. The van der Waals surface area contributed by atoms with Crippen LogP contribution in [0, 0.1) is 0 Å². The van der Waals surface area contributed by atoms with E-state index in [-0.39, 0.29) is 11.8 Å². The molecule has 3 aromatic rings. The SMILES string of the molecule is CC(N)CN(C)c1ncc(-c2ccc(-c3cn[nH]c3)cc2O)nn1. The Bertz CT molecular complexity index is 800. The topological polar surface area (TPSA) is 117 Å². The molecule has 0 spiro atoms. The van der Waals surface area contributed by atoms with Crippen molar-refractivity contribution in [1.29, 1.82) is 0 Å². The maximum Gasteiger partial charge on any atom is 0.245 e. The third-order valence-electron chi connectivity index (χ3n) is 3.56. The lowest BCUT2D eigenvalue weighted by molar-refractivity contribution is 0.477. The smallest absolute Gasteiger partial charge is 0.245 e. The largest absolute Gasteiger partial charge is 0.507 e. The van der Waals surface area contributed by atoms with Gasteiger partial charge in [-0.3, -0.25) is 5.10 Å². The lowest BCUT2D eigenvalue weighted by Crippen LogP contribution is -2.33. The zero-order chi connectivity index (χ0) is 17.1. The van der Waals surface area contributed by atoms with E-state index >= 15 is 0 Å². The van der Waals surface area contributed by atoms with Crippen LogP contribution in [0.2, 0.25) is 0 Å². The highest BCUT2D eigenvalue weighted by Crippen LogP contribution is 2.31. The van der Waals surface area contributed by atoms with Gasteiger partial charge in [-0.2, -0.15) is 5.10 Å². The summed E-state index contributed by atoms with van der Waals surface area (Å²) < 4.78 is 0. The van der Waals surface area contributed by atoms with Gasteiger partial charge in [-0.15, -0.1) is 10.2 Å². The summed E-state index contributed by atoms with van der Waals surface area (Å²) in [5.41, 5.74) is 8.60. The van der Waals surface area contributed by atoms with E-state index in [1.54, 1.807) is 30.7 Å². The highest BCUT2D eigenvalue weighted by Gasteiger charge is 2.12. The van der Waals surface area contributed by atoms with Gasteiger partial charge in [-0.05, 0) is 24.6 Å². The molecule has 2 aromatic heterocycles. The van der Waals surface area contributed by atoms with Crippen molar-refractivity contribution in [3.05, 3.63) is 36.8 Å². The van der Waals surface area contributed by atoms with Gasteiger partial charge in [0.05, 0.1) is 12.4 Å². The van der Waals surface area contributed by atoms with Crippen LogP contribution in [0.4, 0.5) is 5.95 Å². The van der Waals surface area contributed by atoms with Gasteiger partial charge in [-0.1, -0.05) is 6.07 Å². The van der Waals surface area contributed by atoms with Crippen LogP contribution in [-0.2, 0) is 0 Å². The Balaban J connectivity index is 1.84. The van der Waals surface area contributed by atoms with Crippen LogP contribution in [0.3, 0.4) is 0 Å². The molecule has 4 N–H and O–H groups in total. The number of benzene rings is 1. The molecule has 1 aromatic carbocycles. The molecule has 0 amide bonds. The maximum absolute atomic E-state index is 10.3. The lowest BCUT2D eigenvalue weighted by Gasteiger charge is -2.18. The van der Waals surface area contributed by atoms with Crippen LogP contribution in [0.1, 0.15) is 6.92 Å². The minimum absolute atomic E-state index is 0.0118. The van der Waals surface area contributed by atoms with Crippen LogP contribution in [0.25, 0.3) is 22.4 Å². The molecule has 8 heteroatoms. The van der Waals surface area contributed by atoms with Gasteiger partial charge in [0.25, 0.3) is 0 Å². The number of nitrogens with zero attached hydrogens (tertiary/aromatic N) is 5. The van der Waals surface area contributed by atoms with E-state index in [0.29, 0.717) is 23.8 Å². The number of H-pyrrole nitrogens is 1. The Kier molecular flexibility index (Phi) is 4.39. The first kappa shape index (κ1) is 15.9. The first-order valence-corrected chi connectivity index (χ1v) is 7.53. The summed E-state index contributed by atoms with van der Waals surface area (Å²) in [6.45, 7) is 2.55. The summed E-state index contributed by atoms with van der Waals surface area (Å²) in [6.07, 6.45) is 5.05. The third-order valence-corrected chi connectivity index (χ3v) is 3.56. The Labute approximate surface area is 139 Å². The van der Waals surface area contributed by atoms with Crippen molar-refractivity contribution in [1.82, 2.24) is 25.4 Å². The predicted molar refractivity (Wildman–Crippen MR) is 91.4 cm³/mol. The van der Waals surface area contributed by atoms with Crippen molar-refractivity contribution in [2.45, 2.75) is 13.0 Å². The first-order valence-electron chi connectivity index (χ1n) is 7.53. The summed E-state index contributed by atoms with van der Waals surface area (Å²) in [5, 5.41) is 25.2. The summed E-state index contributed by atoms with van der Waals surface area (Å²) in [6, 6.07) is 5.35. The second kappa shape index (κ2) is 6.63. The number of aromatic hydroxyl groups is 1. The van der Waals surface area contributed by atoms with Gasteiger partial charge in [0.15, 0.2) is 0 Å². The van der Waals surface area contributed by atoms with Crippen LogP contribution < -0.4 is 10.6 Å². The number of nitrogens with one attached hydrogen (secondary N) is 1. The van der Waals surface area contributed by atoms with E-state index in [9.17, 15) is 5.11 Å². The van der Waals surface area contributed by atoms with Gasteiger partial charge in [0.2, 0.25) is 5.95 Å². The summed E-state index contributed by atoms with van der Waals surface area (Å²) in [7, 11) is 1.86. The van der Waals surface area contributed by atoms with Crippen molar-refractivity contribution in [2.24, 2.45) is 5.73 Å². The molecular weight excluding hydrogens is 306 g/mol. The number of phenols is 1. The molecule has 0 saturated carbocycles. The fraction of sp³-hybridized carbons (Fsp3) is 0.250. The fourth-order valence-electron chi connectivity index (χ4n) is 2.42. The number of likely N-dealkylation sites (N-methyl/N-ethyl adjacent to an activating group) is 1. The number of phenolic OH excluding ortho intramolecular Hbond substituents is 1. The molecule has 24 heavy (non-hydrogen) atoms. The zero-order valence-electron chi connectivity index (χ0n) is 13.5. The van der Waals surface area contributed by atoms with Crippen molar-refractivity contribution in [3.8, 4) is 28.1 Å². The molecule has 0 saturated heterocycles. The molecule has 0 aliphatic heterocycles. The monoisotopic (exact) mass is 325 g/mol. The third kappa shape index (κ3) is 3.33. The van der Waals surface area contributed by atoms with E-state index in [0.717, 1.165) is 11.1 Å². The molecule has 3 rings (SSSR count). The van der Waals surface area contributed by atoms with E-state index in [1.165, 1.54) is 0 Å². The highest BCUT2D eigenvalue weighted by molar-refractivity contribution is 5.73. The summed E-state index contributed by atoms with van der Waals surface area (Å²) in [5.74, 6) is 0.604. The number of hydrogen-bond donors (Lipinski definition) is 3. The summed E-state index contributed by atoms with van der Waals surface area (Å²) >= 11 is 0. The van der Waals surface area contributed by atoms with Crippen LogP contribution in [-0.4, -0.2) is 50.1 Å². The molecule has 2 heterocycles. The van der Waals surface area contributed by atoms with Crippen LogP contribution in [0.5, 0.6) is 5.75 Å². The fourth-order valence-corrected chi connectivity index (χ4v) is 2.42. The van der Waals surface area contributed by atoms with E-state index in [4.69, 9.17) is 5.73 Å². The van der Waals surface area contributed by atoms with E-state index in [2.05, 4.69) is 25.4 Å². The predicted octanol–water partition coefficient (Wildman–Crippen LogP) is 1.42. The quantitative estimate of drug-likeness (QED) is 0.649. The average molecular weight is 325 g/mol. The molecule has 0 aliphatic rings. The van der Waals surface area contributed by atoms with E-state index in [1.807, 2.05) is 24.9 Å². The number of rotatable bonds is 5. The highest BCUT2D eigenvalue weighted by atomic mass is 16.3. The average Bonchev–Trinajstić information content (AvgIpc) is 3.09. The summed E-state index contributed by atoms with van der Waals surface area (Å²) in [4.78, 5) is 6.13. The number of aromatic nitrogens is 5. The lowest BCUT2D eigenvalue weighted by atomic mass is 10.0. The number of hydrogen-bond acceptors (Lipinski definition) is 7. The molecule has 0 fully saturated rings. The molecule has 1 unspecified atom stereocenters. The Morgan fingerprint density at radius 1 is 1.25 bits per heavy atom. The molecule has 8 nitrogen and oxygen atoms in total. The van der Waals surface area contributed by atoms with Crippen molar-refractivity contribution in [3.63, 3.8) is 0 Å². The van der Waals surface area contributed by atoms with Gasteiger partial charge in [0, 0.05) is 37.0 Å². The Hall–Kier alpha value is -3.00. The van der Waals surface area contributed by atoms with Crippen molar-refractivity contribution < 1.29 is 5.11 Å². The number of anilines is 1. The van der Waals surface area contributed by atoms with Crippen molar-refractivity contribution >= 4 is 5.95 Å². The minimum atomic E-state index is 0.0118. The van der Waals surface area contributed by atoms with Gasteiger partial charge in [-0.25, -0.2) is 4.98 Å². The van der Waals surface area contributed by atoms with Gasteiger partial charge >= 0.3 is 0 Å². The van der Waals surface area contributed by atoms with Crippen LogP contribution in [0.15, 0.2) is 36.8 Å². The van der Waals surface area contributed by atoms with Gasteiger partial charge in [0.1, 0.15) is 11.4 Å². The standard InChI is InChI=1S/C16H19N7O/c1-10(17)9-23(2)16-18-8-14(21-22-16)13-4-3-11(5-15(13)24)12-6-19-20-7-12/h3-8,10,24H,9,17H2,1-2H3,(H,19,20).